The first-order valence-corrected chi connectivity index (χ1v) is 12.7. The van der Waals surface area contributed by atoms with Gasteiger partial charge in [-0.25, -0.2) is 8.42 Å². The van der Waals surface area contributed by atoms with Crippen LogP contribution in [0.5, 0.6) is 5.75 Å². The summed E-state index contributed by atoms with van der Waals surface area (Å²) in [5.74, 6) is 0.887. The summed E-state index contributed by atoms with van der Waals surface area (Å²) in [5, 5.41) is 22.4. The number of aliphatic hydroxyl groups is 1. The third-order valence-corrected chi connectivity index (χ3v) is 6.86. The van der Waals surface area contributed by atoms with E-state index in [0.717, 1.165) is 23.5 Å². The SMILES string of the molecule is COc1ccc([N+](=O)[O-])cc1N(C[C@@H](O)CN(CC(C)C)CC(C)C)S(=O)(=O)c1ccccc1. The second kappa shape index (κ2) is 12.1. The number of anilines is 1. The average molecular weight is 494 g/mol. The Labute approximate surface area is 202 Å². The average Bonchev–Trinajstić information content (AvgIpc) is 2.76. The van der Waals surface area contributed by atoms with Crippen LogP contribution in [0.1, 0.15) is 27.7 Å². The third kappa shape index (κ3) is 7.41. The topological polar surface area (TPSA) is 113 Å². The molecule has 2 rings (SSSR count). The summed E-state index contributed by atoms with van der Waals surface area (Å²) in [6.45, 7) is 9.80. The molecule has 0 aliphatic heterocycles. The summed E-state index contributed by atoms with van der Waals surface area (Å²) in [7, 11) is -2.79. The van der Waals surface area contributed by atoms with E-state index in [1.807, 2.05) is 0 Å². The highest BCUT2D eigenvalue weighted by atomic mass is 32.2. The van der Waals surface area contributed by atoms with E-state index >= 15 is 0 Å². The number of rotatable bonds is 13. The highest BCUT2D eigenvalue weighted by Gasteiger charge is 2.31. The van der Waals surface area contributed by atoms with Crippen molar-refractivity contribution in [3.8, 4) is 5.75 Å². The Morgan fingerprint density at radius 2 is 1.56 bits per heavy atom. The standard InChI is InChI=1S/C24H35N3O6S/c1-18(2)14-25(15-19(3)4)16-21(28)17-26(34(31,32)22-9-7-6-8-10-22)23-13-20(27(29)30)11-12-24(23)33-5/h6-13,18-19,21,28H,14-17H2,1-5H3/t21-/m0/s1. The molecule has 188 valence electrons. The van der Waals surface area contributed by atoms with Crippen LogP contribution in [-0.4, -0.2) is 62.7 Å². The van der Waals surface area contributed by atoms with Crippen molar-refractivity contribution in [1.29, 1.82) is 0 Å². The predicted octanol–water partition coefficient (Wildman–Crippen LogP) is 3.77. The van der Waals surface area contributed by atoms with Gasteiger partial charge in [-0.05, 0) is 30.0 Å². The van der Waals surface area contributed by atoms with Gasteiger partial charge in [0, 0.05) is 31.8 Å². The Balaban J connectivity index is 2.51. The molecule has 0 unspecified atom stereocenters. The van der Waals surface area contributed by atoms with Gasteiger partial charge in [0.15, 0.2) is 0 Å². The number of non-ortho nitro benzene ring substituents is 1. The van der Waals surface area contributed by atoms with E-state index in [1.165, 1.54) is 31.4 Å². The van der Waals surface area contributed by atoms with Crippen molar-refractivity contribution in [2.45, 2.75) is 38.7 Å². The molecule has 34 heavy (non-hydrogen) atoms. The van der Waals surface area contributed by atoms with Crippen LogP contribution < -0.4 is 9.04 Å². The van der Waals surface area contributed by atoms with Crippen LogP contribution in [0.4, 0.5) is 11.4 Å². The van der Waals surface area contributed by atoms with Crippen molar-refractivity contribution in [3.63, 3.8) is 0 Å². The number of aliphatic hydroxyl groups excluding tert-OH is 1. The first-order valence-electron chi connectivity index (χ1n) is 11.3. The van der Waals surface area contributed by atoms with Gasteiger partial charge in [0.2, 0.25) is 0 Å². The lowest BCUT2D eigenvalue weighted by Crippen LogP contribution is -2.44. The molecule has 0 aromatic heterocycles. The van der Waals surface area contributed by atoms with E-state index in [1.54, 1.807) is 18.2 Å². The Hall–Kier alpha value is -2.69. The van der Waals surface area contributed by atoms with Gasteiger partial charge in [0.25, 0.3) is 15.7 Å². The molecule has 1 N–H and O–H groups in total. The molecule has 0 radical (unpaired) electrons. The van der Waals surface area contributed by atoms with Gasteiger partial charge in [-0.2, -0.15) is 0 Å². The van der Waals surface area contributed by atoms with Crippen molar-refractivity contribution in [3.05, 3.63) is 58.6 Å². The molecular formula is C24H35N3O6S. The second-order valence-corrected chi connectivity index (χ2v) is 11.0. The summed E-state index contributed by atoms with van der Waals surface area (Å²) in [6.07, 6.45) is -1.04. The smallest absolute Gasteiger partial charge is 0.271 e. The van der Waals surface area contributed by atoms with Crippen molar-refractivity contribution in [1.82, 2.24) is 4.90 Å². The lowest BCUT2D eigenvalue weighted by molar-refractivity contribution is -0.384. The minimum atomic E-state index is -4.15. The predicted molar refractivity (Wildman–Crippen MR) is 133 cm³/mol. The Morgan fingerprint density at radius 3 is 2.06 bits per heavy atom. The van der Waals surface area contributed by atoms with Crippen LogP contribution in [0, 0.1) is 22.0 Å². The van der Waals surface area contributed by atoms with E-state index in [0.29, 0.717) is 11.8 Å². The maximum Gasteiger partial charge on any atom is 0.271 e. The largest absolute Gasteiger partial charge is 0.495 e. The Bertz CT molecular complexity index is 1030. The van der Waals surface area contributed by atoms with Gasteiger partial charge in [0.05, 0.1) is 29.6 Å². The first kappa shape index (κ1) is 27.6. The number of nitrogens with zero attached hydrogens (tertiary/aromatic N) is 3. The fraction of sp³-hybridized carbons (Fsp3) is 0.500. The van der Waals surface area contributed by atoms with Gasteiger partial charge >= 0.3 is 0 Å². The van der Waals surface area contributed by atoms with Crippen molar-refractivity contribution in [2.75, 3.05) is 37.6 Å². The van der Waals surface area contributed by atoms with Crippen molar-refractivity contribution >= 4 is 21.4 Å². The molecule has 9 nitrogen and oxygen atoms in total. The van der Waals surface area contributed by atoms with Gasteiger partial charge < -0.3 is 14.7 Å². The van der Waals surface area contributed by atoms with Crippen molar-refractivity contribution < 1.29 is 23.2 Å². The molecule has 2 aromatic rings. The van der Waals surface area contributed by atoms with E-state index in [-0.39, 0.29) is 35.1 Å². The van der Waals surface area contributed by atoms with Gasteiger partial charge in [0.1, 0.15) is 11.4 Å². The molecule has 0 amide bonds. The molecule has 0 heterocycles. The van der Waals surface area contributed by atoms with Crippen LogP contribution in [0.2, 0.25) is 0 Å². The van der Waals surface area contributed by atoms with E-state index in [2.05, 4.69) is 32.6 Å². The highest BCUT2D eigenvalue weighted by Crippen LogP contribution is 2.35. The number of nitro groups is 1. The van der Waals surface area contributed by atoms with Crippen LogP contribution in [0.3, 0.4) is 0 Å². The fourth-order valence-corrected chi connectivity index (χ4v) is 5.36. The summed E-state index contributed by atoms with van der Waals surface area (Å²) in [5.41, 5.74) is -0.279. The number of hydrogen-bond acceptors (Lipinski definition) is 7. The second-order valence-electron chi connectivity index (χ2n) is 9.12. The molecule has 0 bridgehead atoms. The Morgan fingerprint density at radius 1 is 0.971 bits per heavy atom. The molecule has 0 fully saturated rings. The van der Waals surface area contributed by atoms with Crippen LogP contribution in [0.25, 0.3) is 0 Å². The zero-order valence-corrected chi connectivity index (χ0v) is 21.2. The zero-order chi connectivity index (χ0) is 25.5. The monoisotopic (exact) mass is 493 g/mol. The summed E-state index contributed by atoms with van der Waals surface area (Å²) < 4.78 is 33.6. The minimum absolute atomic E-state index is 0.00104. The van der Waals surface area contributed by atoms with E-state index < -0.39 is 21.1 Å². The summed E-state index contributed by atoms with van der Waals surface area (Å²) in [4.78, 5) is 12.9. The summed E-state index contributed by atoms with van der Waals surface area (Å²) in [6, 6.07) is 11.5. The van der Waals surface area contributed by atoms with Crippen LogP contribution >= 0.6 is 0 Å². The lowest BCUT2D eigenvalue weighted by atomic mass is 10.1. The minimum Gasteiger partial charge on any atom is -0.495 e. The molecule has 0 spiro atoms. The first-order chi connectivity index (χ1) is 15.9. The maximum absolute atomic E-state index is 13.6. The van der Waals surface area contributed by atoms with E-state index in [9.17, 15) is 23.6 Å². The molecule has 0 aliphatic rings. The zero-order valence-electron chi connectivity index (χ0n) is 20.4. The third-order valence-electron chi connectivity index (χ3n) is 5.07. The molecule has 2 aromatic carbocycles. The molecule has 0 saturated carbocycles. The van der Waals surface area contributed by atoms with Gasteiger partial charge in [-0.1, -0.05) is 45.9 Å². The molecule has 10 heteroatoms. The number of nitro benzene ring substituents is 1. The summed E-state index contributed by atoms with van der Waals surface area (Å²) >= 11 is 0. The van der Waals surface area contributed by atoms with Gasteiger partial charge in [-0.3, -0.25) is 14.4 Å². The molecular weight excluding hydrogens is 458 g/mol. The number of methoxy groups -OCH3 is 1. The number of sulfonamides is 1. The molecule has 1 atom stereocenters. The van der Waals surface area contributed by atoms with Crippen LogP contribution in [0.15, 0.2) is 53.4 Å². The normalized spacial score (nSPS) is 12.9. The van der Waals surface area contributed by atoms with Crippen molar-refractivity contribution in [2.24, 2.45) is 11.8 Å². The van der Waals surface area contributed by atoms with Gasteiger partial charge in [-0.15, -0.1) is 0 Å². The van der Waals surface area contributed by atoms with Crippen LogP contribution in [-0.2, 0) is 10.0 Å². The quantitative estimate of drug-likeness (QED) is 0.334. The number of ether oxygens (including phenoxy) is 1. The number of hydrogen-bond donors (Lipinski definition) is 1. The molecule has 0 aliphatic carbocycles. The molecule has 0 saturated heterocycles. The Kier molecular flexibility index (Phi) is 9.84. The maximum atomic E-state index is 13.6. The van der Waals surface area contributed by atoms with E-state index in [4.69, 9.17) is 4.74 Å². The highest BCUT2D eigenvalue weighted by molar-refractivity contribution is 7.92. The number of benzene rings is 2. The lowest BCUT2D eigenvalue weighted by Gasteiger charge is -2.32. The fourth-order valence-electron chi connectivity index (χ4n) is 3.84.